The van der Waals surface area contributed by atoms with Crippen molar-refractivity contribution in [2.75, 3.05) is 0 Å². The Morgan fingerprint density at radius 3 is 2.30 bits per heavy atom. The average molecular weight is 280 g/mol. The molecule has 20 heavy (non-hydrogen) atoms. The van der Waals surface area contributed by atoms with E-state index in [1.54, 1.807) is 6.08 Å². The summed E-state index contributed by atoms with van der Waals surface area (Å²) in [5.74, 6) is 1.25. The van der Waals surface area contributed by atoms with Crippen molar-refractivity contribution in [1.29, 1.82) is 0 Å². The molecule has 0 aliphatic rings. The van der Waals surface area contributed by atoms with E-state index in [1.165, 1.54) is 19.3 Å². The lowest BCUT2D eigenvalue weighted by Crippen LogP contribution is -2.08. The Morgan fingerprint density at radius 1 is 1.10 bits per heavy atom. The van der Waals surface area contributed by atoms with Crippen molar-refractivity contribution in [3.8, 4) is 0 Å². The van der Waals surface area contributed by atoms with Crippen LogP contribution in [0.3, 0.4) is 0 Å². The molecule has 0 aromatic rings. The number of allylic oxidation sites excluding steroid dienone is 3. The molecule has 0 aromatic carbocycles. The Bertz CT molecular complexity index is 324. The van der Waals surface area contributed by atoms with Crippen LogP contribution in [0.25, 0.3) is 0 Å². The molecular weight excluding hydrogens is 248 g/mol. The fraction of sp³-hybridized carbons (Fsp3) is 0.722. The average Bonchev–Trinajstić information content (AvgIpc) is 2.26. The normalized spacial score (nSPS) is 14.3. The number of ether oxygens (including phenoxy) is 1. The second-order valence-corrected chi connectivity index (χ2v) is 6.44. The van der Waals surface area contributed by atoms with Crippen LogP contribution in [-0.2, 0) is 9.53 Å². The standard InChI is InChI=1S/C18H32O2/c1-14(2)9-7-10-16(5)11-8-12-17(6)13-18(19)20-15(3)4/h8,12-16H,7,9-11H2,1-6H3/b12-8+,17-13+. The van der Waals surface area contributed by atoms with Crippen LogP contribution in [0.4, 0.5) is 0 Å². The minimum absolute atomic E-state index is 0.0588. The molecule has 0 heterocycles. The molecule has 1 unspecified atom stereocenters. The molecule has 0 radical (unpaired) electrons. The summed E-state index contributed by atoms with van der Waals surface area (Å²) < 4.78 is 5.07. The molecule has 0 aliphatic carbocycles. The van der Waals surface area contributed by atoms with Gasteiger partial charge in [-0.15, -0.1) is 0 Å². The van der Waals surface area contributed by atoms with Gasteiger partial charge in [-0.1, -0.05) is 52.2 Å². The maximum atomic E-state index is 11.4. The van der Waals surface area contributed by atoms with E-state index in [0.717, 1.165) is 17.9 Å². The van der Waals surface area contributed by atoms with E-state index in [2.05, 4.69) is 26.8 Å². The van der Waals surface area contributed by atoms with E-state index in [-0.39, 0.29) is 12.1 Å². The second kappa shape index (κ2) is 10.7. The molecule has 0 aromatic heterocycles. The van der Waals surface area contributed by atoms with Gasteiger partial charge >= 0.3 is 5.97 Å². The van der Waals surface area contributed by atoms with Crippen molar-refractivity contribution in [3.63, 3.8) is 0 Å². The van der Waals surface area contributed by atoms with Crippen LogP contribution in [-0.4, -0.2) is 12.1 Å². The van der Waals surface area contributed by atoms with Crippen molar-refractivity contribution in [1.82, 2.24) is 0 Å². The first kappa shape index (κ1) is 18.9. The van der Waals surface area contributed by atoms with Crippen LogP contribution < -0.4 is 0 Å². The Hall–Kier alpha value is -1.05. The highest BCUT2D eigenvalue weighted by Crippen LogP contribution is 2.15. The molecule has 0 bridgehead atoms. The van der Waals surface area contributed by atoms with E-state index in [9.17, 15) is 4.79 Å². The molecule has 0 fully saturated rings. The molecule has 2 heteroatoms. The molecule has 0 N–H and O–H groups in total. The number of hydrogen-bond acceptors (Lipinski definition) is 2. The van der Waals surface area contributed by atoms with Gasteiger partial charge in [0.25, 0.3) is 0 Å². The van der Waals surface area contributed by atoms with Gasteiger partial charge in [0.05, 0.1) is 6.10 Å². The lowest BCUT2D eigenvalue weighted by molar-refractivity contribution is -0.141. The van der Waals surface area contributed by atoms with Crippen molar-refractivity contribution in [2.45, 2.75) is 73.3 Å². The fourth-order valence-electron chi connectivity index (χ4n) is 1.98. The number of hydrogen-bond donors (Lipinski definition) is 0. The lowest BCUT2D eigenvalue weighted by Gasteiger charge is -2.09. The summed E-state index contributed by atoms with van der Waals surface area (Å²) in [5, 5.41) is 0. The van der Waals surface area contributed by atoms with E-state index in [4.69, 9.17) is 4.74 Å². The van der Waals surface area contributed by atoms with Crippen molar-refractivity contribution >= 4 is 5.97 Å². The van der Waals surface area contributed by atoms with E-state index < -0.39 is 0 Å². The summed E-state index contributed by atoms with van der Waals surface area (Å²) in [6, 6.07) is 0. The highest BCUT2D eigenvalue weighted by molar-refractivity contribution is 5.83. The van der Waals surface area contributed by atoms with Gasteiger partial charge in [0.2, 0.25) is 0 Å². The lowest BCUT2D eigenvalue weighted by atomic mass is 9.97. The third kappa shape index (κ3) is 12.0. The summed E-state index contributed by atoms with van der Waals surface area (Å²) >= 11 is 0. The molecule has 0 saturated heterocycles. The Labute approximate surface area is 125 Å². The fourth-order valence-corrected chi connectivity index (χ4v) is 1.98. The summed E-state index contributed by atoms with van der Waals surface area (Å²) in [5.41, 5.74) is 0.949. The smallest absolute Gasteiger partial charge is 0.331 e. The van der Waals surface area contributed by atoms with Crippen LogP contribution in [0, 0.1) is 11.8 Å². The van der Waals surface area contributed by atoms with Gasteiger partial charge in [-0.2, -0.15) is 0 Å². The Morgan fingerprint density at radius 2 is 1.75 bits per heavy atom. The van der Waals surface area contributed by atoms with Gasteiger partial charge in [-0.25, -0.2) is 4.79 Å². The highest BCUT2D eigenvalue weighted by atomic mass is 16.5. The van der Waals surface area contributed by atoms with Gasteiger partial charge in [0.1, 0.15) is 0 Å². The van der Waals surface area contributed by atoms with Crippen LogP contribution in [0.5, 0.6) is 0 Å². The van der Waals surface area contributed by atoms with Crippen LogP contribution in [0.15, 0.2) is 23.8 Å². The van der Waals surface area contributed by atoms with E-state index in [0.29, 0.717) is 5.92 Å². The zero-order valence-electron chi connectivity index (χ0n) is 14.1. The molecule has 0 saturated carbocycles. The Balaban J connectivity index is 3.98. The predicted molar refractivity (Wildman–Crippen MR) is 86.6 cm³/mol. The second-order valence-electron chi connectivity index (χ2n) is 6.44. The number of rotatable bonds is 9. The van der Waals surface area contributed by atoms with E-state index >= 15 is 0 Å². The number of carbonyl (C=O) groups is 1. The maximum absolute atomic E-state index is 11.4. The Kier molecular flexibility index (Phi) is 10.1. The third-order valence-corrected chi connectivity index (χ3v) is 3.09. The first-order chi connectivity index (χ1) is 9.31. The van der Waals surface area contributed by atoms with Gasteiger partial charge in [-0.3, -0.25) is 0 Å². The first-order valence-corrected chi connectivity index (χ1v) is 7.86. The summed E-state index contributed by atoms with van der Waals surface area (Å²) in [6.45, 7) is 12.5. The van der Waals surface area contributed by atoms with Gasteiger partial charge < -0.3 is 4.74 Å². The molecule has 0 aliphatic heterocycles. The molecular formula is C18H32O2. The zero-order chi connectivity index (χ0) is 15.5. The van der Waals surface area contributed by atoms with Gasteiger partial charge in [0.15, 0.2) is 0 Å². The SMILES string of the molecule is CC(/C=C/CC(C)CCCC(C)C)=C\C(=O)OC(C)C. The predicted octanol–water partition coefficient (Wildman–Crippen LogP) is 5.29. The minimum Gasteiger partial charge on any atom is -0.460 e. The zero-order valence-corrected chi connectivity index (χ0v) is 14.1. The van der Waals surface area contributed by atoms with Crippen molar-refractivity contribution in [2.24, 2.45) is 11.8 Å². The maximum Gasteiger partial charge on any atom is 0.331 e. The minimum atomic E-state index is -0.257. The first-order valence-electron chi connectivity index (χ1n) is 7.86. The van der Waals surface area contributed by atoms with Crippen LogP contribution in [0.2, 0.25) is 0 Å². The molecule has 116 valence electrons. The van der Waals surface area contributed by atoms with Gasteiger partial charge in [-0.05, 0) is 44.6 Å². The summed E-state index contributed by atoms with van der Waals surface area (Å²) in [4.78, 5) is 11.4. The number of esters is 1. The third-order valence-electron chi connectivity index (χ3n) is 3.09. The monoisotopic (exact) mass is 280 g/mol. The quantitative estimate of drug-likeness (QED) is 0.326. The van der Waals surface area contributed by atoms with Crippen molar-refractivity contribution < 1.29 is 9.53 Å². The highest BCUT2D eigenvalue weighted by Gasteiger charge is 2.02. The number of carbonyl (C=O) groups excluding carboxylic acids is 1. The molecule has 0 spiro atoms. The van der Waals surface area contributed by atoms with E-state index in [1.807, 2.05) is 26.8 Å². The molecule has 1 atom stereocenters. The largest absolute Gasteiger partial charge is 0.460 e. The molecule has 0 rings (SSSR count). The van der Waals surface area contributed by atoms with Crippen molar-refractivity contribution in [3.05, 3.63) is 23.8 Å². The summed E-state index contributed by atoms with van der Waals surface area (Å²) in [7, 11) is 0. The van der Waals surface area contributed by atoms with Gasteiger partial charge in [0, 0.05) is 6.08 Å². The molecule has 0 amide bonds. The topological polar surface area (TPSA) is 26.3 Å². The summed E-state index contributed by atoms with van der Waals surface area (Å²) in [6.07, 6.45) is 10.6. The van der Waals surface area contributed by atoms with Crippen LogP contribution >= 0.6 is 0 Å². The molecule has 2 nitrogen and oxygen atoms in total. The van der Waals surface area contributed by atoms with Crippen LogP contribution in [0.1, 0.15) is 67.2 Å².